The first-order chi connectivity index (χ1) is 7.21. The molecule has 0 aromatic carbocycles. The minimum absolute atomic E-state index is 0.532. The van der Waals surface area contributed by atoms with E-state index in [1.807, 2.05) is 26.0 Å². The molecule has 0 rings (SSSR count). The lowest BCUT2D eigenvalue weighted by atomic mass is 10.1. The molecule has 0 aromatic rings. The molecule has 0 spiro atoms. The van der Waals surface area contributed by atoms with Crippen LogP contribution in [0.2, 0.25) is 0 Å². The lowest BCUT2D eigenvalue weighted by Crippen LogP contribution is -2.23. The minimum atomic E-state index is 0.532. The number of nitrogens with two attached hydrogens (primary N) is 1. The van der Waals surface area contributed by atoms with Crippen LogP contribution in [0.1, 0.15) is 27.2 Å². The van der Waals surface area contributed by atoms with Crippen molar-refractivity contribution in [2.24, 2.45) is 10.7 Å². The third kappa shape index (κ3) is 4.65. The van der Waals surface area contributed by atoms with E-state index in [4.69, 9.17) is 10.6 Å². The van der Waals surface area contributed by atoms with Crippen LogP contribution in [-0.2, 0) is 4.84 Å². The Morgan fingerprint density at radius 3 is 2.53 bits per heavy atom. The molecule has 0 aliphatic rings. The summed E-state index contributed by atoms with van der Waals surface area (Å²) in [6.07, 6.45) is 4.83. The van der Waals surface area contributed by atoms with Crippen molar-refractivity contribution in [3.63, 3.8) is 0 Å². The van der Waals surface area contributed by atoms with Gasteiger partial charge in [-0.25, -0.2) is 0 Å². The van der Waals surface area contributed by atoms with Crippen molar-refractivity contribution < 1.29 is 4.84 Å². The molecule has 4 heteroatoms. The van der Waals surface area contributed by atoms with Crippen LogP contribution in [0.4, 0.5) is 0 Å². The van der Waals surface area contributed by atoms with Crippen LogP contribution < -0.4 is 11.2 Å². The van der Waals surface area contributed by atoms with Crippen molar-refractivity contribution in [3.8, 4) is 0 Å². The molecule has 0 fully saturated rings. The number of rotatable bonds is 6. The molecule has 0 radical (unpaired) electrons. The van der Waals surface area contributed by atoms with Gasteiger partial charge in [0.1, 0.15) is 5.84 Å². The fourth-order valence-corrected chi connectivity index (χ4v) is 1.22. The van der Waals surface area contributed by atoms with E-state index in [0.717, 1.165) is 17.7 Å². The van der Waals surface area contributed by atoms with Crippen molar-refractivity contribution in [1.82, 2.24) is 5.48 Å². The Kier molecular flexibility index (Phi) is 7.36. The van der Waals surface area contributed by atoms with E-state index >= 15 is 0 Å². The third-order valence-corrected chi connectivity index (χ3v) is 1.80. The molecule has 0 aliphatic carbocycles. The van der Waals surface area contributed by atoms with Gasteiger partial charge in [-0.2, -0.15) is 0 Å². The normalized spacial score (nSPS) is 14.3. The topological polar surface area (TPSA) is 59.6 Å². The summed E-state index contributed by atoms with van der Waals surface area (Å²) in [4.78, 5) is 9.07. The Balaban J connectivity index is 4.92. The number of amidine groups is 1. The fraction of sp³-hybridized carbons (Fsp3) is 0.545. The van der Waals surface area contributed by atoms with E-state index in [1.165, 1.54) is 0 Å². The molecule has 0 saturated heterocycles. The summed E-state index contributed by atoms with van der Waals surface area (Å²) in [5, 5.41) is 0. The average molecular weight is 211 g/mol. The second-order valence-electron chi connectivity index (χ2n) is 2.89. The zero-order valence-electron chi connectivity index (χ0n) is 10.0. The lowest BCUT2D eigenvalue weighted by Gasteiger charge is -2.12. The molecule has 0 aliphatic heterocycles. The summed E-state index contributed by atoms with van der Waals surface area (Å²) in [6.45, 7) is 6.61. The number of hydrogen-bond acceptors (Lipinski definition) is 3. The largest absolute Gasteiger partial charge is 0.383 e. The molecule has 3 N–H and O–H groups in total. The van der Waals surface area contributed by atoms with Crippen molar-refractivity contribution in [1.29, 1.82) is 0 Å². The Hall–Kier alpha value is -1.29. The summed E-state index contributed by atoms with van der Waals surface area (Å²) in [7, 11) is 1.57. The zero-order chi connectivity index (χ0) is 11.7. The van der Waals surface area contributed by atoms with Gasteiger partial charge in [-0.1, -0.05) is 19.1 Å². The van der Waals surface area contributed by atoms with Crippen molar-refractivity contribution in [3.05, 3.63) is 23.4 Å². The third-order valence-electron chi connectivity index (χ3n) is 1.80. The van der Waals surface area contributed by atoms with E-state index in [-0.39, 0.29) is 0 Å². The van der Waals surface area contributed by atoms with E-state index in [2.05, 4.69) is 17.4 Å². The highest BCUT2D eigenvalue weighted by atomic mass is 16.6. The van der Waals surface area contributed by atoms with Gasteiger partial charge in [-0.3, -0.25) is 15.3 Å². The molecule has 86 valence electrons. The Labute approximate surface area is 91.9 Å². The molecule has 0 unspecified atom stereocenters. The van der Waals surface area contributed by atoms with Crippen LogP contribution in [-0.4, -0.2) is 19.5 Å². The SMILES string of the molecule is C/C=C(C(N)=NCC)\C(=C/CC)NOC. The monoisotopic (exact) mass is 211 g/mol. The zero-order valence-corrected chi connectivity index (χ0v) is 10.0. The maximum atomic E-state index is 5.85. The highest BCUT2D eigenvalue weighted by Crippen LogP contribution is 2.08. The van der Waals surface area contributed by atoms with Crippen molar-refractivity contribution in [2.75, 3.05) is 13.7 Å². The summed E-state index contributed by atoms with van der Waals surface area (Å²) in [5.74, 6) is 0.532. The first-order valence-electron chi connectivity index (χ1n) is 5.17. The molecule has 4 nitrogen and oxygen atoms in total. The molecule has 0 atom stereocenters. The van der Waals surface area contributed by atoms with Crippen LogP contribution in [0.3, 0.4) is 0 Å². The number of nitrogens with one attached hydrogen (secondary N) is 1. The van der Waals surface area contributed by atoms with Crippen molar-refractivity contribution in [2.45, 2.75) is 27.2 Å². The van der Waals surface area contributed by atoms with E-state index in [0.29, 0.717) is 12.4 Å². The lowest BCUT2D eigenvalue weighted by molar-refractivity contribution is 0.120. The smallest absolute Gasteiger partial charge is 0.127 e. The average Bonchev–Trinajstić information content (AvgIpc) is 2.20. The Morgan fingerprint density at radius 1 is 1.47 bits per heavy atom. The van der Waals surface area contributed by atoms with Crippen LogP contribution in [0, 0.1) is 0 Å². The predicted molar refractivity (Wildman–Crippen MR) is 64.4 cm³/mol. The Morgan fingerprint density at radius 2 is 2.13 bits per heavy atom. The molecule has 0 aromatic heterocycles. The number of hydroxylamine groups is 1. The van der Waals surface area contributed by atoms with Crippen LogP contribution in [0.25, 0.3) is 0 Å². The van der Waals surface area contributed by atoms with Gasteiger partial charge in [0, 0.05) is 12.1 Å². The summed E-state index contributed by atoms with van der Waals surface area (Å²) < 4.78 is 0. The predicted octanol–water partition coefficient (Wildman–Crippen LogP) is 1.75. The van der Waals surface area contributed by atoms with Crippen LogP contribution >= 0.6 is 0 Å². The number of allylic oxidation sites excluding steroid dienone is 2. The molecular weight excluding hydrogens is 190 g/mol. The molecule has 0 heterocycles. The van der Waals surface area contributed by atoms with Gasteiger partial charge in [0.2, 0.25) is 0 Å². The maximum absolute atomic E-state index is 5.85. The summed E-state index contributed by atoms with van der Waals surface area (Å²) >= 11 is 0. The van der Waals surface area contributed by atoms with Gasteiger partial charge in [0.05, 0.1) is 12.8 Å². The van der Waals surface area contributed by atoms with Crippen molar-refractivity contribution >= 4 is 5.84 Å². The van der Waals surface area contributed by atoms with E-state index in [1.54, 1.807) is 7.11 Å². The second-order valence-corrected chi connectivity index (χ2v) is 2.89. The fourth-order valence-electron chi connectivity index (χ4n) is 1.22. The number of hydrogen-bond donors (Lipinski definition) is 2. The minimum Gasteiger partial charge on any atom is -0.383 e. The first-order valence-corrected chi connectivity index (χ1v) is 5.17. The van der Waals surface area contributed by atoms with E-state index in [9.17, 15) is 0 Å². The molecular formula is C11H21N3O. The van der Waals surface area contributed by atoms with Gasteiger partial charge in [-0.05, 0) is 20.3 Å². The number of aliphatic imine (C=N–C) groups is 1. The van der Waals surface area contributed by atoms with Crippen LogP contribution in [0.15, 0.2) is 28.4 Å². The maximum Gasteiger partial charge on any atom is 0.127 e. The van der Waals surface area contributed by atoms with Gasteiger partial charge in [0.25, 0.3) is 0 Å². The highest BCUT2D eigenvalue weighted by molar-refractivity contribution is 6.00. The highest BCUT2D eigenvalue weighted by Gasteiger charge is 2.07. The molecule has 0 amide bonds. The van der Waals surface area contributed by atoms with E-state index < -0.39 is 0 Å². The Bertz CT molecular complexity index is 267. The standard InChI is InChI=1S/C11H21N3O/c1-5-8-10(14-15-4)9(6-2)11(12)13-7-3/h6,8,14H,5,7H2,1-4H3,(H2,12,13)/b9-6+,10-8+. The first kappa shape index (κ1) is 13.7. The molecule has 0 bridgehead atoms. The van der Waals surface area contributed by atoms with Gasteiger partial charge < -0.3 is 5.73 Å². The molecule has 15 heavy (non-hydrogen) atoms. The second kappa shape index (κ2) is 8.05. The summed E-state index contributed by atoms with van der Waals surface area (Å²) in [5.41, 5.74) is 10.4. The van der Waals surface area contributed by atoms with Gasteiger partial charge in [0.15, 0.2) is 0 Å². The quantitative estimate of drug-likeness (QED) is 0.304. The van der Waals surface area contributed by atoms with Crippen LogP contribution in [0.5, 0.6) is 0 Å². The van der Waals surface area contributed by atoms with Gasteiger partial charge >= 0.3 is 0 Å². The number of nitrogens with zero attached hydrogens (tertiary/aromatic N) is 1. The summed E-state index contributed by atoms with van der Waals surface area (Å²) in [6, 6.07) is 0. The molecule has 0 saturated carbocycles. The van der Waals surface area contributed by atoms with Gasteiger partial charge in [-0.15, -0.1) is 0 Å².